The van der Waals surface area contributed by atoms with Gasteiger partial charge in [-0.3, -0.25) is 0 Å². The van der Waals surface area contributed by atoms with Gasteiger partial charge in [-0.05, 0) is 33.4 Å². The second-order valence-corrected chi connectivity index (χ2v) is 13.2. The molecule has 0 aromatic heterocycles. The second kappa shape index (κ2) is 22.3. The molecule has 0 saturated carbocycles. The zero-order chi connectivity index (χ0) is 36.9. The maximum absolute atomic E-state index is 6.96. The van der Waals surface area contributed by atoms with Crippen molar-refractivity contribution >= 4 is 0 Å². The van der Waals surface area contributed by atoms with E-state index in [0.29, 0.717) is 39.6 Å². The lowest BCUT2D eigenvalue weighted by atomic mass is 10.0. The fourth-order valence-electron chi connectivity index (χ4n) is 6.13. The summed E-state index contributed by atoms with van der Waals surface area (Å²) in [5, 5.41) is 0. The summed E-state index contributed by atoms with van der Waals surface area (Å²) in [5.74, 6) is 0. The first-order valence-corrected chi connectivity index (χ1v) is 18.7. The first kappa shape index (κ1) is 38.8. The van der Waals surface area contributed by atoms with Crippen molar-refractivity contribution in [1.82, 2.24) is 0 Å². The Kier molecular flexibility index (Phi) is 16.0. The third kappa shape index (κ3) is 13.2. The number of ether oxygens (including phenoxy) is 6. The highest BCUT2D eigenvalue weighted by molar-refractivity contribution is 5.17. The standard InChI is InChI=1S/C48H50O6/c1-7-19-39(20-8-1)31-49-37-45(51-33-41-23-11-3-12-24-41)47(53-35-43-27-15-5-16-28-43)48(54-36-44-29-17-6-18-30-44)46(52-34-42-25-13-4-14-26-42)38-50-32-40-21-9-2-10-22-40/h1-30,45-48H,31-38H2/t45-,46+,47-,48-/m1/s1. The number of hydrogen-bond acceptors (Lipinski definition) is 6. The third-order valence-corrected chi connectivity index (χ3v) is 9.03. The highest BCUT2D eigenvalue weighted by Crippen LogP contribution is 2.25. The van der Waals surface area contributed by atoms with Gasteiger partial charge in [-0.15, -0.1) is 0 Å². The van der Waals surface area contributed by atoms with Gasteiger partial charge in [0.15, 0.2) is 0 Å². The van der Waals surface area contributed by atoms with E-state index < -0.39 is 24.4 Å². The Morgan fingerprint density at radius 1 is 0.259 bits per heavy atom. The maximum atomic E-state index is 6.96. The van der Waals surface area contributed by atoms with E-state index in [2.05, 4.69) is 72.8 Å². The summed E-state index contributed by atoms with van der Waals surface area (Å²) in [6.07, 6.45) is -2.30. The molecule has 0 aliphatic carbocycles. The topological polar surface area (TPSA) is 55.4 Å². The lowest BCUT2D eigenvalue weighted by molar-refractivity contribution is -0.208. The Morgan fingerprint density at radius 3 is 0.741 bits per heavy atom. The fourth-order valence-corrected chi connectivity index (χ4v) is 6.13. The van der Waals surface area contributed by atoms with Crippen LogP contribution in [-0.4, -0.2) is 37.6 Å². The zero-order valence-corrected chi connectivity index (χ0v) is 30.7. The fraction of sp³-hybridized carbons (Fsp3) is 0.250. The molecule has 0 aliphatic rings. The van der Waals surface area contributed by atoms with Crippen molar-refractivity contribution in [3.8, 4) is 0 Å². The summed E-state index contributed by atoms with van der Waals surface area (Å²) in [5.41, 5.74) is 6.35. The van der Waals surface area contributed by atoms with Crippen molar-refractivity contribution in [2.45, 2.75) is 64.1 Å². The van der Waals surface area contributed by atoms with Crippen molar-refractivity contribution in [3.05, 3.63) is 215 Å². The van der Waals surface area contributed by atoms with Crippen LogP contribution in [-0.2, 0) is 68.1 Å². The molecule has 6 aromatic carbocycles. The van der Waals surface area contributed by atoms with Crippen LogP contribution < -0.4 is 0 Å². The minimum absolute atomic E-state index is 0.267. The highest BCUT2D eigenvalue weighted by Gasteiger charge is 2.39. The second-order valence-electron chi connectivity index (χ2n) is 13.2. The molecule has 0 aliphatic heterocycles. The lowest BCUT2D eigenvalue weighted by Gasteiger charge is -2.37. The van der Waals surface area contributed by atoms with E-state index >= 15 is 0 Å². The van der Waals surface area contributed by atoms with Crippen molar-refractivity contribution in [2.75, 3.05) is 13.2 Å². The predicted octanol–water partition coefficient (Wildman–Crippen LogP) is 9.76. The molecule has 0 radical (unpaired) electrons. The van der Waals surface area contributed by atoms with Gasteiger partial charge < -0.3 is 28.4 Å². The van der Waals surface area contributed by atoms with Gasteiger partial charge in [0.05, 0.1) is 52.9 Å². The van der Waals surface area contributed by atoms with Crippen LogP contribution >= 0.6 is 0 Å². The Bertz CT molecular complexity index is 1690. The van der Waals surface area contributed by atoms with Gasteiger partial charge in [-0.25, -0.2) is 0 Å². The van der Waals surface area contributed by atoms with E-state index in [0.717, 1.165) is 33.4 Å². The van der Waals surface area contributed by atoms with Crippen LogP contribution in [0, 0.1) is 0 Å². The van der Waals surface area contributed by atoms with Gasteiger partial charge in [0.1, 0.15) is 24.4 Å². The Hall–Kier alpha value is -4.92. The summed E-state index contributed by atoms with van der Waals surface area (Å²) in [7, 11) is 0. The highest BCUT2D eigenvalue weighted by atomic mass is 16.6. The van der Waals surface area contributed by atoms with Crippen LogP contribution in [0.5, 0.6) is 0 Å². The Balaban J connectivity index is 1.34. The average Bonchev–Trinajstić information content (AvgIpc) is 3.24. The molecule has 0 unspecified atom stereocenters. The summed E-state index contributed by atoms with van der Waals surface area (Å²) in [6.45, 7) is 2.83. The SMILES string of the molecule is c1ccc(COC[C@H](OCc2ccccc2)[C@@H](OCc2ccccc2)[C@H](OCc2ccccc2)[C@@H](COCc2ccccc2)OCc2ccccc2)cc1. The molecule has 6 heteroatoms. The van der Waals surface area contributed by atoms with E-state index in [1.165, 1.54) is 0 Å². The number of benzene rings is 6. The molecular formula is C48H50O6. The quantitative estimate of drug-likeness (QED) is 0.0657. The van der Waals surface area contributed by atoms with Gasteiger partial charge in [-0.1, -0.05) is 182 Å². The monoisotopic (exact) mass is 722 g/mol. The average molecular weight is 723 g/mol. The molecule has 0 fully saturated rings. The predicted molar refractivity (Wildman–Crippen MR) is 212 cm³/mol. The van der Waals surface area contributed by atoms with E-state index in [1.807, 2.05) is 109 Å². The van der Waals surface area contributed by atoms with Crippen LogP contribution in [0.1, 0.15) is 33.4 Å². The molecule has 0 heterocycles. The summed E-state index contributed by atoms with van der Waals surface area (Å²) in [6, 6.07) is 61.0. The van der Waals surface area contributed by atoms with Gasteiger partial charge in [0.25, 0.3) is 0 Å². The normalized spacial score (nSPS) is 13.6. The first-order chi connectivity index (χ1) is 26.8. The van der Waals surface area contributed by atoms with Crippen LogP contribution in [0.4, 0.5) is 0 Å². The molecule has 4 atom stereocenters. The molecule has 0 saturated heterocycles. The number of rotatable bonds is 23. The third-order valence-electron chi connectivity index (χ3n) is 9.03. The first-order valence-electron chi connectivity index (χ1n) is 18.7. The smallest absolute Gasteiger partial charge is 0.115 e. The molecule has 54 heavy (non-hydrogen) atoms. The Labute approximate surface area is 320 Å². The van der Waals surface area contributed by atoms with Crippen molar-refractivity contribution in [1.29, 1.82) is 0 Å². The van der Waals surface area contributed by atoms with Crippen molar-refractivity contribution < 1.29 is 28.4 Å². The van der Waals surface area contributed by atoms with Crippen molar-refractivity contribution in [3.63, 3.8) is 0 Å². The minimum atomic E-state index is -0.616. The van der Waals surface area contributed by atoms with E-state index in [9.17, 15) is 0 Å². The molecule has 0 amide bonds. The molecule has 0 N–H and O–H groups in total. The molecular weight excluding hydrogens is 673 g/mol. The maximum Gasteiger partial charge on any atom is 0.115 e. The van der Waals surface area contributed by atoms with Gasteiger partial charge >= 0.3 is 0 Å². The minimum Gasteiger partial charge on any atom is -0.374 e. The van der Waals surface area contributed by atoms with Gasteiger partial charge in [0.2, 0.25) is 0 Å². The molecule has 0 bridgehead atoms. The van der Waals surface area contributed by atoms with Gasteiger partial charge in [-0.2, -0.15) is 0 Å². The van der Waals surface area contributed by atoms with Crippen LogP contribution in [0.15, 0.2) is 182 Å². The lowest BCUT2D eigenvalue weighted by Crippen LogP contribution is -2.52. The van der Waals surface area contributed by atoms with E-state index in [4.69, 9.17) is 28.4 Å². The molecule has 6 nitrogen and oxygen atoms in total. The number of hydrogen-bond donors (Lipinski definition) is 0. The van der Waals surface area contributed by atoms with Gasteiger partial charge in [0, 0.05) is 0 Å². The summed E-state index contributed by atoms with van der Waals surface area (Å²) < 4.78 is 40.4. The Morgan fingerprint density at radius 2 is 0.481 bits per heavy atom. The zero-order valence-electron chi connectivity index (χ0n) is 30.7. The van der Waals surface area contributed by atoms with E-state index in [1.54, 1.807) is 0 Å². The van der Waals surface area contributed by atoms with Crippen molar-refractivity contribution in [2.24, 2.45) is 0 Å². The summed E-state index contributed by atoms with van der Waals surface area (Å²) in [4.78, 5) is 0. The van der Waals surface area contributed by atoms with Crippen LogP contribution in [0.3, 0.4) is 0 Å². The summed E-state index contributed by atoms with van der Waals surface area (Å²) >= 11 is 0. The van der Waals surface area contributed by atoms with Crippen LogP contribution in [0.25, 0.3) is 0 Å². The molecule has 278 valence electrons. The van der Waals surface area contributed by atoms with Crippen LogP contribution in [0.2, 0.25) is 0 Å². The van der Waals surface area contributed by atoms with E-state index in [-0.39, 0.29) is 13.2 Å². The molecule has 0 spiro atoms. The molecule has 6 rings (SSSR count). The largest absolute Gasteiger partial charge is 0.374 e. The molecule has 6 aromatic rings.